The van der Waals surface area contributed by atoms with Gasteiger partial charge < -0.3 is 25.7 Å². The highest BCUT2D eigenvalue weighted by Crippen LogP contribution is 2.34. The Morgan fingerprint density at radius 3 is 2.79 bits per heavy atom. The van der Waals surface area contributed by atoms with Gasteiger partial charge in [-0.15, -0.1) is 0 Å². The number of ether oxygens (including phenoxy) is 1. The zero-order valence-electron chi connectivity index (χ0n) is 24.2. The number of nitrogens with zero attached hydrogens (tertiary/aromatic N) is 2. The number of piperidine rings is 1. The van der Waals surface area contributed by atoms with Crippen molar-refractivity contribution in [3.63, 3.8) is 0 Å². The summed E-state index contributed by atoms with van der Waals surface area (Å²) in [4.78, 5) is 31.1. The van der Waals surface area contributed by atoms with E-state index in [4.69, 9.17) is 10.5 Å². The summed E-state index contributed by atoms with van der Waals surface area (Å²) < 4.78 is 18.5. The number of carbonyl (C=O) groups excluding carboxylic acids is 2. The molecule has 3 unspecified atom stereocenters. The van der Waals surface area contributed by atoms with Gasteiger partial charge in [-0.05, 0) is 61.4 Å². The Bertz CT molecular complexity index is 1500. The number of hydrogen-bond acceptors (Lipinski definition) is 5. The summed E-state index contributed by atoms with van der Waals surface area (Å²) in [5.74, 6) is 0.0369. The number of H-pyrrole nitrogens is 2. The fourth-order valence-corrected chi connectivity index (χ4v) is 5.91. The van der Waals surface area contributed by atoms with Crippen molar-refractivity contribution >= 4 is 28.4 Å². The number of amides is 2. The molecule has 10 heteroatoms. The van der Waals surface area contributed by atoms with Crippen LogP contribution in [0.15, 0.2) is 54.9 Å². The van der Waals surface area contributed by atoms with E-state index in [-0.39, 0.29) is 30.2 Å². The third kappa shape index (κ3) is 6.88. The number of aromatic nitrogens is 3. The Balaban J connectivity index is 1.17. The first-order chi connectivity index (χ1) is 20.3. The molecular formula is C32H39FN6O3. The molecule has 5 N–H and O–H groups in total. The number of methoxy groups -OCH3 is 1. The van der Waals surface area contributed by atoms with Gasteiger partial charge in [0.15, 0.2) is 6.36 Å². The predicted molar refractivity (Wildman–Crippen MR) is 161 cm³/mol. The summed E-state index contributed by atoms with van der Waals surface area (Å²) in [7, 11) is 1.38. The van der Waals surface area contributed by atoms with Gasteiger partial charge in [-0.1, -0.05) is 30.3 Å². The standard InChI is InChI=1S/C32H39FN6O3/c1-20-27-7-3-5-22(10-13-28(33)42-2)31(27)38-30(20)23-6-4-14-39(19-23)29(40)16-25(34)15-21-8-11-26(12-9-21)37-32(41)24-17-35-36-18-24/h3,5,7-9,11-12,17-18,23,25,28,38H,4,6,10,13-16,19,34H2,1-2H3,(H,35,36)(H,37,41). The minimum atomic E-state index is -1.28. The summed E-state index contributed by atoms with van der Waals surface area (Å²) in [6, 6.07) is 13.3. The smallest absolute Gasteiger partial charge is 0.258 e. The fourth-order valence-electron chi connectivity index (χ4n) is 5.91. The maximum atomic E-state index is 13.7. The molecule has 0 bridgehead atoms. The Morgan fingerprint density at radius 1 is 1.24 bits per heavy atom. The highest BCUT2D eigenvalue weighted by Gasteiger charge is 2.28. The number of halogens is 1. The van der Waals surface area contributed by atoms with Crippen molar-refractivity contribution in [3.05, 3.63) is 82.8 Å². The molecule has 5 rings (SSSR count). The maximum Gasteiger partial charge on any atom is 0.258 e. The van der Waals surface area contributed by atoms with Crippen LogP contribution in [-0.4, -0.2) is 64.5 Å². The van der Waals surface area contributed by atoms with Crippen LogP contribution in [0.1, 0.15) is 64.3 Å². The highest BCUT2D eigenvalue weighted by molar-refractivity contribution is 6.03. The van der Waals surface area contributed by atoms with Crippen LogP contribution in [0.3, 0.4) is 0 Å². The monoisotopic (exact) mass is 574 g/mol. The molecule has 222 valence electrons. The molecule has 2 amide bonds. The Labute approximate surface area is 245 Å². The number of likely N-dealkylation sites (tertiary alicyclic amines) is 1. The molecule has 0 spiro atoms. The average Bonchev–Trinajstić information content (AvgIpc) is 3.66. The van der Waals surface area contributed by atoms with Crippen LogP contribution in [0.25, 0.3) is 10.9 Å². The normalized spacial score (nSPS) is 16.9. The van der Waals surface area contributed by atoms with Crippen LogP contribution in [-0.2, 0) is 22.4 Å². The number of nitrogens with one attached hydrogen (secondary N) is 3. The molecule has 2 aromatic carbocycles. The van der Waals surface area contributed by atoms with Gasteiger partial charge in [0.25, 0.3) is 5.91 Å². The first-order valence-corrected chi connectivity index (χ1v) is 14.5. The number of nitrogens with two attached hydrogens (primary N) is 1. The van der Waals surface area contributed by atoms with Gasteiger partial charge in [0.2, 0.25) is 5.91 Å². The Kier molecular flexibility index (Phi) is 9.34. The van der Waals surface area contributed by atoms with Crippen LogP contribution in [0.5, 0.6) is 0 Å². The maximum absolute atomic E-state index is 13.7. The predicted octanol–water partition coefficient (Wildman–Crippen LogP) is 4.99. The van der Waals surface area contributed by atoms with E-state index in [9.17, 15) is 14.0 Å². The number of carbonyl (C=O) groups is 2. The number of anilines is 1. The van der Waals surface area contributed by atoms with Crippen molar-refractivity contribution in [2.75, 3.05) is 25.5 Å². The van der Waals surface area contributed by atoms with Crippen molar-refractivity contribution in [1.29, 1.82) is 0 Å². The van der Waals surface area contributed by atoms with E-state index in [0.717, 1.165) is 47.1 Å². The molecule has 1 fully saturated rings. The molecule has 2 aromatic heterocycles. The average molecular weight is 575 g/mol. The molecule has 3 heterocycles. The number of aryl methyl sites for hydroxylation is 2. The number of benzene rings is 2. The molecule has 0 radical (unpaired) electrons. The third-order valence-corrected chi connectivity index (χ3v) is 8.20. The van der Waals surface area contributed by atoms with E-state index in [1.807, 2.05) is 41.3 Å². The number of rotatable bonds is 11. The molecular weight excluding hydrogens is 535 g/mol. The summed E-state index contributed by atoms with van der Waals surface area (Å²) in [5, 5.41) is 10.4. The number of aromatic amines is 2. The number of fused-ring (bicyclic) bond motifs is 1. The molecule has 1 saturated heterocycles. The van der Waals surface area contributed by atoms with E-state index in [2.05, 4.69) is 33.5 Å². The second-order valence-corrected chi connectivity index (χ2v) is 11.2. The van der Waals surface area contributed by atoms with E-state index in [1.165, 1.54) is 25.1 Å². The van der Waals surface area contributed by atoms with Crippen molar-refractivity contribution in [2.45, 2.75) is 63.8 Å². The van der Waals surface area contributed by atoms with Crippen molar-refractivity contribution in [2.24, 2.45) is 5.73 Å². The quantitative estimate of drug-likeness (QED) is 0.201. The first kappa shape index (κ1) is 29.5. The van der Waals surface area contributed by atoms with Gasteiger partial charge in [-0.25, -0.2) is 4.39 Å². The number of hydrogen-bond donors (Lipinski definition) is 4. The van der Waals surface area contributed by atoms with Crippen molar-refractivity contribution in [3.8, 4) is 0 Å². The molecule has 9 nitrogen and oxygen atoms in total. The van der Waals surface area contributed by atoms with Gasteiger partial charge >= 0.3 is 0 Å². The lowest BCUT2D eigenvalue weighted by Crippen LogP contribution is -2.42. The van der Waals surface area contributed by atoms with Crippen LogP contribution >= 0.6 is 0 Å². The number of para-hydroxylation sites is 1. The van der Waals surface area contributed by atoms with Gasteiger partial charge in [-0.2, -0.15) is 5.10 Å². The second kappa shape index (κ2) is 13.3. The number of alkyl halides is 1. The Hall–Kier alpha value is -4.02. The summed E-state index contributed by atoms with van der Waals surface area (Å²) >= 11 is 0. The van der Waals surface area contributed by atoms with Crippen LogP contribution in [0, 0.1) is 6.92 Å². The van der Waals surface area contributed by atoms with Crippen molar-refractivity contribution in [1.82, 2.24) is 20.1 Å². The Morgan fingerprint density at radius 2 is 2.05 bits per heavy atom. The minimum absolute atomic E-state index is 0.0687. The van der Waals surface area contributed by atoms with Crippen LogP contribution in [0.2, 0.25) is 0 Å². The van der Waals surface area contributed by atoms with E-state index in [0.29, 0.717) is 37.1 Å². The van der Waals surface area contributed by atoms with Gasteiger partial charge in [-0.3, -0.25) is 14.7 Å². The molecule has 0 aliphatic carbocycles. The molecule has 4 aromatic rings. The zero-order valence-corrected chi connectivity index (χ0v) is 24.2. The summed E-state index contributed by atoms with van der Waals surface area (Å²) in [6.45, 7) is 3.50. The lowest BCUT2D eigenvalue weighted by atomic mass is 9.91. The van der Waals surface area contributed by atoms with E-state index in [1.54, 1.807) is 0 Å². The van der Waals surface area contributed by atoms with Crippen molar-refractivity contribution < 1.29 is 18.7 Å². The summed E-state index contributed by atoms with van der Waals surface area (Å²) in [5.41, 5.74) is 13.0. The molecule has 1 aliphatic heterocycles. The molecule has 1 aliphatic rings. The third-order valence-electron chi connectivity index (χ3n) is 8.20. The fraction of sp³-hybridized carbons (Fsp3) is 0.406. The minimum Gasteiger partial charge on any atom is -0.358 e. The molecule has 3 atom stereocenters. The van der Waals surface area contributed by atoms with E-state index < -0.39 is 6.36 Å². The largest absolute Gasteiger partial charge is 0.358 e. The van der Waals surface area contributed by atoms with Crippen LogP contribution < -0.4 is 11.1 Å². The lowest BCUT2D eigenvalue weighted by Gasteiger charge is -2.33. The lowest BCUT2D eigenvalue weighted by molar-refractivity contribution is -0.132. The second-order valence-electron chi connectivity index (χ2n) is 11.2. The zero-order chi connectivity index (χ0) is 29.6. The van der Waals surface area contributed by atoms with Gasteiger partial charge in [0, 0.05) is 73.5 Å². The first-order valence-electron chi connectivity index (χ1n) is 14.5. The van der Waals surface area contributed by atoms with Gasteiger partial charge in [0.1, 0.15) is 0 Å². The van der Waals surface area contributed by atoms with E-state index >= 15 is 0 Å². The molecule has 0 saturated carbocycles. The van der Waals surface area contributed by atoms with Crippen LogP contribution in [0.4, 0.5) is 10.1 Å². The van der Waals surface area contributed by atoms with Gasteiger partial charge in [0.05, 0.1) is 11.8 Å². The SMILES string of the molecule is COC(F)CCc1cccc2c(C)c(C3CCCN(C(=O)CC(N)Cc4ccc(NC(=O)c5cn[nH]c5)cc4)C3)[nH]c12. The highest BCUT2D eigenvalue weighted by atomic mass is 19.1. The summed E-state index contributed by atoms with van der Waals surface area (Å²) in [6.07, 6.45) is 5.38. The topological polar surface area (TPSA) is 129 Å². The molecule has 42 heavy (non-hydrogen) atoms.